The first-order valence-corrected chi connectivity index (χ1v) is 5.91. The summed E-state index contributed by atoms with van der Waals surface area (Å²) in [6.07, 6.45) is 1.80. The summed E-state index contributed by atoms with van der Waals surface area (Å²) in [7, 11) is 1.25. The van der Waals surface area contributed by atoms with E-state index < -0.39 is 17.8 Å². The molecule has 100 valence electrons. The average molecular weight is 262 g/mol. The third-order valence-corrected chi connectivity index (χ3v) is 2.70. The summed E-state index contributed by atoms with van der Waals surface area (Å²) in [5.74, 6) is -2.05. The van der Waals surface area contributed by atoms with Gasteiger partial charge in [0.2, 0.25) is 0 Å². The highest BCUT2D eigenvalue weighted by atomic mass is 16.5. The second-order valence-corrected chi connectivity index (χ2v) is 4.24. The van der Waals surface area contributed by atoms with Gasteiger partial charge in [-0.3, -0.25) is 9.59 Å². The Hall–Kier alpha value is -2.37. The lowest BCUT2D eigenvalue weighted by atomic mass is 10.2. The Bertz CT molecular complexity index is 523. The first-order valence-electron chi connectivity index (χ1n) is 5.91. The second-order valence-electron chi connectivity index (χ2n) is 4.24. The van der Waals surface area contributed by atoms with E-state index >= 15 is 0 Å². The van der Waals surface area contributed by atoms with Crippen molar-refractivity contribution in [3.8, 4) is 0 Å². The van der Waals surface area contributed by atoms with Crippen LogP contribution in [0.5, 0.6) is 0 Å². The Morgan fingerprint density at radius 1 is 1.16 bits per heavy atom. The molecule has 1 aliphatic carbocycles. The van der Waals surface area contributed by atoms with Gasteiger partial charge in [0.25, 0.3) is 0 Å². The van der Waals surface area contributed by atoms with E-state index in [4.69, 9.17) is 0 Å². The maximum atomic E-state index is 11.7. The number of amides is 2. The fourth-order valence-electron chi connectivity index (χ4n) is 1.54. The zero-order chi connectivity index (χ0) is 13.8. The largest absolute Gasteiger partial charge is 0.465 e. The zero-order valence-electron chi connectivity index (χ0n) is 10.4. The molecular formula is C13H14N2O4. The highest BCUT2D eigenvalue weighted by Gasteiger charge is 2.26. The minimum absolute atomic E-state index is 0.106. The topological polar surface area (TPSA) is 84.5 Å². The van der Waals surface area contributed by atoms with E-state index in [0.717, 1.165) is 12.8 Å². The predicted molar refractivity (Wildman–Crippen MR) is 67.6 cm³/mol. The number of esters is 1. The van der Waals surface area contributed by atoms with E-state index in [9.17, 15) is 14.4 Å². The lowest BCUT2D eigenvalue weighted by Crippen LogP contribution is -2.36. The molecular weight excluding hydrogens is 248 g/mol. The first-order chi connectivity index (χ1) is 9.11. The molecule has 0 radical (unpaired) electrons. The Morgan fingerprint density at radius 3 is 2.47 bits per heavy atom. The van der Waals surface area contributed by atoms with Crippen LogP contribution in [0.4, 0.5) is 5.69 Å². The molecule has 0 aromatic heterocycles. The molecule has 1 aromatic rings. The van der Waals surface area contributed by atoms with Gasteiger partial charge in [-0.25, -0.2) is 4.79 Å². The van der Waals surface area contributed by atoms with Gasteiger partial charge in [-0.05, 0) is 25.0 Å². The Labute approximate surface area is 110 Å². The average Bonchev–Trinajstić information content (AvgIpc) is 3.22. The van der Waals surface area contributed by atoms with Crippen molar-refractivity contribution in [2.45, 2.75) is 18.9 Å². The van der Waals surface area contributed by atoms with Crippen LogP contribution in [0.1, 0.15) is 23.2 Å². The van der Waals surface area contributed by atoms with Gasteiger partial charge in [-0.1, -0.05) is 12.1 Å². The van der Waals surface area contributed by atoms with E-state index in [1.54, 1.807) is 12.1 Å². The molecule has 1 fully saturated rings. The van der Waals surface area contributed by atoms with Crippen molar-refractivity contribution >= 4 is 23.5 Å². The summed E-state index contributed by atoms with van der Waals surface area (Å²) in [4.78, 5) is 34.7. The van der Waals surface area contributed by atoms with Gasteiger partial charge in [-0.15, -0.1) is 0 Å². The van der Waals surface area contributed by atoms with Crippen molar-refractivity contribution in [2.24, 2.45) is 0 Å². The number of carbonyl (C=O) groups is 3. The van der Waals surface area contributed by atoms with Gasteiger partial charge in [-0.2, -0.15) is 0 Å². The van der Waals surface area contributed by atoms with Crippen LogP contribution in [0.15, 0.2) is 24.3 Å². The van der Waals surface area contributed by atoms with E-state index in [1.165, 1.54) is 19.2 Å². The van der Waals surface area contributed by atoms with Crippen LogP contribution in [-0.4, -0.2) is 30.9 Å². The summed E-state index contributed by atoms with van der Waals surface area (Å²) in [5, 5.41) is 4.98. The molecule has 0 spiro atoms. The second kappa shape index (κ2) is 5.51. The van der Waals surface area contributed by atoms with E-state index in [-0.39, 0.29) is 17.3 Å². The van der Waals surface area contributed by atoms with Gasteiger partial charge in [0, 0.05) is 6.04 Å². The number of rotatable bonds is 3. The van der Waals surface area contributed by atoms with Gasteiger partial charge >= 0.3 is 17.8 Å². The number of methoxy groups -OCH3 is 1. The van der Waals surface area contributed by atoms with Crippen molar-refractivity contribution in [1.29, 1.82) is 0 Å². The molecule has 2 N–H and O–H groups in total. The van der Waals surface area contributed by atoms with Gasteiger partial charge in [0.15, 0.2) is 0 Å². The van der Waals surface area contributed by atoms with Crippen molar-refractivity contribution in [1.82, 2.24) is 5.32 Å². The lowest BCUT2D eigenvalue weighted by Gasteiger charge is -2.09. The number of ether oxygens (including phenoxy) is 1. The van der Waals surface area contributed by atoms with Crippen molar-refractivity contribution in [3.05, 3.63) is 29.8 Å². The molecule has 2 rings (SSSR count). The Kier molecular flexibility index (Phi) is 3.79. The van der Waals surface area contributed by atoms with Crippen LogP contribution in [0.2, 0.25) is 0 Å². The van der Waals surface area contributed by atoms with Crippen molar-refractivity contribution in [3.63, 3.8) is 0 Å². The highest BCUT2D eigenvalue weighted by Crippen LogP contribution is 2.19. The van der Waals surface area contributed by atoms with Gasteiger partial charge < -0.3 is 15.4 Å². The van der Waals surface area contributed by atoms with Crippen LogP contribution in [0, 0.1) is 0 Å². The number of carbonyl (C=O) groups excluding carboxylic acids is 3. The first kappa shape index (κ1) is 13.1. The van der Waals surface area contributed by atoms with Crippen LogP contribution in [-0.2, 0) is 14.3 Å². The molecule has 0 saturated heterocycles. The summed E-state index contributed by atoms with van der Waals surface area (Å²) in [5.41, 5.74) is 0.461. The Balaban J connectivity index is 2.07. The van der Waals surface area contributed by atoms with Gasteiger partial charge in [0.05, 0.1) is 18.4 Å². The number of para-hydroxylation sites is 1. The molecule has 0 aliphatic heterocycles. The van der Waals surface area contributed by atoms with E-state index in [1.807, 2.05) is 0 Å². The smallest absolute Gasteiger partial charge is 0.339 e. The molecule has 2 amide bonds. The summed E-state index contributed by atoms with van der Waals surface area (Å²) >= 11 is 0. The highest BCUT2D eigenvalue weighted by molar-refractivity contribution is 6.40. The molecule has 0 heterocycles. The minimum atomic E-state index is -0.789. The summed E-state index contributed by atoms with van der Waals surface area (Å²) in [6, 6.07) is 6.45. The normalized spacial score (nSPS) is 13.5. The van der Waals surface area contributed by atoms with Crippen LogP contribution < -0.4 is 10.6 Å². The van der Waals surface area contributed by atoms with Crippen LogP contribution in [0.25, 0.3) is 0 Å². The molecule has 1 saturated carbocycles. The fourth-order valence-corrected chi connectivity index (χ4v) is 1.54. The molecule has 1 aromatic carbocycles. The minimum Gasteiger partial charge on any atom is -0.465 e. The monoisotopic (exact) mass is 262 g/mol. The SMILES string of the molecule is COC(=O)c1ccccc1NC(=O)C(=O)NC1CC1. The van der Waals surface area contributed by atoms with Crippen LogP contribution in [0.3, 0.4) is 0 Å². The van der Waals surface area contributed by atoms with Crippen LogP contribution >= 0.6 is 0 Å². The number of hydrogen-bond donors (Lipinski definition) is 2. The molecule has 19 heavy (non-hydrogen) atoms. The van der Waals surface area contributed by atoms with Crippen molar-refractivity contribution < 1.29 is 19.1 Å². The van der Waals surface area contributed by atoms with E-state index in [0.29, 0.717) is 0 Å². The lowest BCUT2D eigenvalue weighted by molar-refractivity contribution is -0.136. The molecule has 6 nitrogen and oxygen atoms in total. The zero-order valence-corrected chi connectivity index (χ0v) is 10.4. The molecule has 0 unspecified atom stereocenters. The standard InChI is InChI=1S/C13H14N2O4/c1-19-13(18)9-4-2-3-5-10(9)15-12(17)11(16)14-8-6-7-8/h2-5,8H,6-7H2,1H3,(H,14,16)(H,15,17). The molecule has 6 heteroatoms. The number of hydrogen-bond acceptors (Lipinski definition) is 4. The third-order valence-electron chi connectivity index (χ3n) is 2.70. The maximum Gasteiger partial charge on any atom is 0.339 e. The summed E-state index contributed by atoms with van der Waals surface area (Å²) < 4.78 is 4.60. The summed E-state index contributed by atoms with van der Waals surface area (Å²) in [6.45, 7) is 0. The fraction of sp³-hybridized carbons (Fsp3) is 0.308. The third kappa shape index (κ3) is 3.31. The quantitative estimate of drug-likeness (QED) is 0.620. The number of anilines is 1. The predicted octanol–water partition coefficient (Wildman–Crippen LogP) is 0.690. The number of nitrogens with one attached hydrogen (secondary N) is 2. The number of benzene rings is 1. The van der Waals surface area contributed by atoms with Crippen molar-refractivity contribution in [2.75, 3.05) is 12.4 Å². The van der Waals surface area contributed by atoms with Gasteiger partial charge in [0.1, 0.15) is 0 Å². The molecule has 1 aliphatic rings. The molecule has 0 bridgehead atoms. The van der Waals surface area contributed by atoms with E-state index in [2.05, 4.69) is 15.4 Å². The Morgan fingerprint density at radius 2 is 1.84 bits per heavy atom. The maximum absolute atomic E-state index is 11.7. The molecule has 0 atom stereocenters.